The normalized spacial score (nSPS) is 12.2. The van der Waals surface area contributed by atoms with E-state index >= 15 is 0 Å². The van der Waals surface area contributed by atoms with Gasteiger partial charge in [-0.05, 0) is 86.8 Å². The van der Waals surface area contributed by atoms with Gasteiger partial charge in [-0.1, -0.05) is 245 Å². The number of hydrogen-bond acceptors (Lipinski definition) is 2. The summed E-state index contributed by atoms with van der Waals surface area (Å²) in [6.45, 7) is 9.20. The van der Waals surface area contributed by atoms with Crippen LogP contribution < -0.4 is 0 Å². The first-order chi connectivity index (χ1) is 28.7. The second-order valence-corrected chi connectivity index (χ2v) is 18.1. The van der Waals surface area contributed by atoms with E-state index in [0.717, 1.165) is 30.6 Å². The van der Waals surface area contributed by atoms with Gasteiger partial charge in [0, 0.05) is 0 Å². The van der Waals surface area contributed by atoms with Crippen molar-refractivity contribution >= 4 is 22.8 Å². The van der Waals surface area contributed by atoms with Gasteiger partial charge in [-0.15, -0.1) is 0 Å². The summed E-state index contributed by atoms with van der Waals surface area (Å²) in [6, 6.07) is 18.3. The van der Waals surface area contributed by atoms with E-state index in [1.54, 1.807) is 0 Å². The molecular weight excluding hydrogens is 701 g/mol. The van der Waals surface area contributed by atoms with E-state index in [-0.39, 0.29) is 0 Å². The molecule has 0 radical (unpaired) electrons. The van der Waals surface area contributed by atoms with Crippen LogP contribution >= 0.6 is 0 Å². The molecule has 0 N–H and O–H groups in total. The van der Waals surface area contributed by atoms with Crippen LogP contribution in [0.25, 0.3) is 0 Å². The quantitative estimate of drug-likeness (QED) is 0.0473. The van der Waals surface area contributed by atoms with Gasteiger partial charge >= 0.3 is 0 Å². The molecule has 2 aromatic rings. The van der Waals surface area contributed by atoms with Crippen LogP contribution in [-0.2, 0) is 12.8 Å². The molecule has 0 spiro atoms. The zero-order valence-corrected chi connectivity index (χ0v) is 39.4. The molecule has 0 aromatic heterocycles. The third kappa shape index (κ3) is 29.1. The lowest BCUT2D eigenvalue weighted by Gasteiger charge is -2.12. The third-order valence-electron chi connectivity index (χ3n) is 12.4. The molecule has 2 aromatic carbocycles. The summed E-state index contributed by atoms with van der Waals surface area (Å²) in [5, 5.41) is 0. The first-order valence-electron chi connectivity index (χ1n) is 26.0. The maximum atomic E-state index is 5.33. The Balaban J connectivity index is 1.80. The second-order valence-electron chi connectivity index (χ2n) is 18.1. The largest absolute Gasteiger partial charge is 0.252 e. The molecule has 0 amide bonds. The number of hydrogen-bond donors (Lipinski definition) is 0. The molecule has 0 aliphatic rings. The fourth-order valence-corrected chi connectivity index (χ4v) is 8.43. The number of aryl methyl sites for hydroxylation is 2. The van der Waals surface area contributed by atoms with Crippen molar-refractivity contribution in [1.29, 1.82) is 0 Å². The number of rotatable bonds is 41. The highest BCUT2D eigenvalue weighted by atomic mass is 14.8. The Morgan fingerprint density at radius 1 is 0.276 bits per heavy atom. The molecule has 330 valence electrons. The molecule has 58 heavy (non-hydrogen) atoms. The van der Waals surface area contributed by atoms with Gasteiger partial charge in [0.15, 0.2) is 0 Å². The molecule has 0 unspecified atom stereocenters. The summed E-state index contributed by atoms with van der Waals surface area (Å²) in [6.07, 6.45) is 51.3. The van der Waals surface area contributed by atoms with Gasteiger partial charge in [-0.3, -0.25) is 9.98 Å². The smallest absolute Gasteiger partial charge is 0.0633 e. The lowest BCUT2D eigenvalue weighted by atomic mass is 10.0. The van der Waals surface area contributed by atoms with Crippen molar-refractivity contribution in [1.82, 2.24) is 0 Å². The average Bonchev–Trinajstić information content (AvgIpc) is 3.24. The highest BCUT2D eigenvalue weighted by Crippen LogP contribution is 2.23. The Morgan fingerprint density at radius 2 is 0.517 bits per heavy atom. The predicted molar refractivity (Wildman–Crippen MR) is 263 cm³/mol. The minimum Gasteiger partial charge on any atom is -0.252 e. The highest BCUT2D eigenvalue weighted by Gasteiger charge is 2.11. The van der Waals surface area contributed by atoms with Crippen LogP contribution in [0.3, 0.4) is 0 Å². The molecule has 0 saturated heterocycles. The number of nitrogens with zero attached hydrogens (tertiary/aromatic N) is 2. The van der Waals surface area contributed by atoms with E-state index in [9.17, 15) is 0 Å². The van der Waals surface area contributed by atoms with Crippen LogP contribution in [0.4, 0.5) is 11.4 Å². The minimum atomic E-state index is 1.00. The van der Waals surface area contributed by atoms with E-state index in [1.807, 2.05) is 0 Å². The molecule has 0 fully saturated rings. The SMILES string of the molecule is CCCCCCCCCCCCCCCCc1ccc(N=C(CCCC)C(CCCCCC)=Nc2ccc(CCCCCCCCCCCCCCCC)cc2)cc1. The Labute approximate surface area is 362 Å². The molecule has 0 atom stereocenters. The van der Waals surface area contributed by atoms with Crippen LogP contribution in [-0.4, -0.2) is 11.4 Å². The molecule has 2 heteroatoms. The van der Waals surface area contributed by atoms with Gasteiger partial charge < -0.3 is 0 Å². The van der Waals surface area contributed by atoms with Gasteiger partial charge in [0.05, 0.1) is 22.8 Å². The summed E-state index contributed by atoms with van der Waals surface area (Å²) < 4.78 is 0. The van der Waals surface area contributed by atoms with Gasteiger partial charge in [0.25, 0.3) is 0 Å². The van der Waals surface area contributed by atoms with Crippen LogP contribution in [0.2, 0.25) is 0 Å². The number of aliphatic imine (C=N–C) groups is 2. The molecule has 0 bridgehead atoms. The van der Waals surface area contributed by atoms with Crippen molar-refractivity contribution in [2.75, 3.05) is 0 Å². The van der Waals surface area contributed by atoms with Crippen molar-refractivity contribution in [3.8, 4) is 0 Å². The van der Waals surface area contributed by atoms with E-state index in [2.05, 4.69) is 76.2 Å². The standard InChI is InChI=1S/C56H96N2/c1-5-9-13-16-18-20-22-24-26-28-30-32-34-36-39-51-43-47-53(48-44-51)57-55(41-12-8-4)56(42-38-15-11-7-3)58-54-49-45-52(46-50-54)40-37-35-33-31-29-27-25-23-21-19-17-14-10-6-2/h43-50H,5-42H2,1-4H3. The van der Waals surface area contributed by atoms with Crippen LogP contribution in [0, 0.1) is 0 Å². The zero-order valence-electron chi connectivity index (χ0n) is 39.4. The van der Waals surface area contributed by atoms with E-state index in [1.165, 1.54) is 247 Å². The Kier molecular flexibility index (Phi) is 34.9. The molecule has 0 heterocycles. The van der Waals surface area contributed by atoms with Gasteiger partial charge in [-0.25, -0.2) is 0 Å². The maximum absolute atomic E-state index is 5.33. The molecule has 0 saturated carbocycles. The first-order valence-corrected chi connectivity index (χ1v) is 26.0. The number of benzene rings is 2. The first kappa shape index (κ1) is 51.9. The van der Waals surface area contributed by atoms with Gasteiger partial charge in [0.1, 0.15) is 0 Å². The van der Waals surface area contributed by atoms with Crippen molar-refractivity contribution in [2.24, 2.45) is 9.98 Å². The van der Waals surface area contributed by atoms with E-state index in [0.29, 0.717) is 0 Å². The van der Waals surface area contributed by atoms with Gasteiger partial charge in [-0.2, -0.15) is 0 Å². The Bertz CT molecular complexity index is 1220. The number of unbranched alkanes of at least 4 members (excludes halogenated alkanes) is 30. The Hall–Kier alpha value is -2.22. The lowest BCUT2D eigenvalue weighted by molar-refractivity contribution is 0.535. The summed E-state index contributed by atoms with van der Waals surface area (Å²) in [4.78, 5) is 10.6. The molecular formula is C56H96N2. The van der Waals surface area contributed by atoms with Crippen molar-refractivity contribution in [2.45, 2.75) is 272 Å². The lowest BCUT2D eigenvalue weighted by Crippen LogP contribution is -2.14. The molecule has 0 aliphatic heterocycles. The third-order valence-corrected chi connectivity index (χ3v) is 12.4. The van der Waals surface area contributed by atoms with Crippen LogP contribution in [0.15, 0.2) is 58.5 Å². The monoisotopic (exact) mass is 797 g/mol. The summed E-state index contributed by atoms with van der Waals surface area (Å²) in [5.41, 5.74) is 7.48. The van der Waals surface area contributed by atoms with Crippen molar-refractivity contribution in [3.63, 3.8) is 0 Å². The van der Waals surface area contributed by atoms with E-state index in [4.69, 9.17) is 9.98 Å². The minimum absolute atomic E-state index is 1.00. The average molecular weight is 797 g/mol. The molecule has 0 aliphatic carbocycles. The second kappa shape index (κ2) is 38.9. The van der Waals surface area contributed by atoms with Crippen molar-refractivity contribution < 1.29 is 0 Å². The summed E-state index contributed by atoms with van der Waals surface area (Å²) >= 11 is 0. The van der Waals surface area contributed by atoms with Gasteiger partial charge in [0.2, 0.25) is 0 Å². The van der Waals surface area contributed by atoms with Crippen LogP contribution in [0.5, 0.6) is 0 Å². The molecule has 2 nitrogen and oxygen atoms in total. The fraction of sp³-hybridized carbons (Fsp3) is 0.750. The van der Waals surface area contributed by atoms with E-state index < -0.39 is 0 Å². The Morgan fingerprint density at radius 3 is 0.810 bits per heavy atom. The zero-order chi connectivity index (χ0) is 41.4. The predicted octanol–water partition coefficient (Wildman–Crippen LogP) is 19.7. The van der Waals surface area contributed by atoms with Crippen molar-refractivity contribution in [3.05, 3.63) is 59.7 Å². The fourth-order valence-electron chi connectivity index (χ4n) is 8.43. The molecule has 2 rings (SSSR count). The van der Waals surface area contributed by atoms with Crippen LogP contribution in [0.1, 0.15) is 270 Å². The topological polar surface area (TPSA) is 24.7 Å². The highest BCUT2D eigenvalue weighted by molar-refractivity contribution is 6.43. The summed E-state index contributed by atoms with van der Waals surface area (Å²) in [5.74, 6) is 0. The summed E-state index contributed by atoms with van der Waals surface area (Å²) in [7, 11) is 0. The maximum Gasteiger partial charge on any atom is 0.0633 e.